The highest BCUT2D eigenvalue weighted by molar-refractivity contribution is 5.94. The fraction of sp³-hybridized carbons (Fsp3) is 0.476. The Hall–Kier alpha value is -4.14. The molecular weight excluding hydrogens is 624 g/mol. The number of anilines is 1. The van der Waals surface area contributed by atoms with E-state index in [4.69, 9.17) is 9.47 Å². The maximum Gasteiger partial charge on any atom is 0.335 e. The van der Waals surface area contributed by atoms with Gasteiger partial charge in [-0.05, 0) is 67.7 Å². The molecular formula is C42H48N4O4. The number of rotatable bonds is 4. The predicted octanol–water partition coefficient (Wildman–Crippen LogP) is 6.40. The number of methoxy groups -OCH3 is 2. The molecule has 8 nitrogen and oxygen atoms in total. The van der Waals surface area contributed by atoms with Crippen LogP contribution in [0.1, 0.15) is 62.8 Å². The van der Waals surface area contributed by atoms with Gasteiger partial charge in [-0.2, -0.15) is 0 Å². The molecule has 2 aliphatic carbocycles. The number of H-pyrrole nitrogens is 1. The summed E-state index contributed by atoms with van der Waals surface area (Å²) in [4.78, 5) is 34.8. The van der Waals surface area contributed by atoms with E-state index < -0.39 is 5.41 Å². The van der Waals surface area contributed by atoms with E-state index in [0.717, 1.165) is 92.9 Å². The minimum absolute atomic E-state index is 0.000898. The molecule has 6 aliphatic heterocycles. The van der Waals surface area contributed by atoms with E-state index in [2.05, 4.69) is 101 Å². The van der Waals surface area contributed by atoms with E-state index in [1.54, 1.807) is 0 Å². The highest BCUT2D eigenvalue weighted by atomic mass is 16.5. The number of nitrogens with zero attached hydrogens (tertiary/aromatic N) is 2. The molecule has 0 amide bonds. The number of ether oxygens (including phenoxy) is 2. The van der Waals surface area contributed by atoms with Crippen LogP contribution >= 0.6 is 0 Å². The van der Waals surface area contributed by atoms with Gasteiger partial charge in [0.2, 0.25) is 0 Å². The maximum absolute atomic E-state index is 13.2. The summed E-state index contributed by atoms with van der Waals surface area (Å²) in [5.74, 6) is 0.163. The first kappa shape index (κ1) is 31.8. The van der Waals surface area contributed by atoms with Crippen LogP contribution in [0.2, 0.25) is 0 Å². The zero-order valence-corrected chi connectivity index (χ0v) is 29.7. The second-order valence-corrected chi connectivity index (χ2v) is 15.5. The van der Waals surface area contributed by atoms with Crippen molar-refractivity contribution in [2.75, 3.05) is 45.7 Å². The Kier molecular flexibility index (Phi) is 7.28. The van der Waals surface area contributed by atoms with Crippen LogP contribution in [0.3, 0.4) is 0 Å². The number of nitrogens with one attached hydrogen (secondary N) is 2. The van der Waals surface area contributed by atoms with Gasteiger partial charge in [-0.25, -0.2) is 4.79 Å². The SMILES string of the molecule is CCC1=CC2CN3CCc4c([nH]c5ccccc45)[C@@](C(=O)OC)(C2)C13.CC[C@]12C=CCN3CC[C@]4(C(=C(C(=O)OC)C1)Nc1ccccc14)[C@@H]32. The maximum atomic E-state index is 13.2. The summed E-state index contributed by atoms with van der Waals surface area (Å²) in [6, 6.07) is 17.6. The standard InChI is InChI=1S/2C21H24N2O2/c1-3-20-9-6-11-23-12-10-21(19(20)23)15-7-4-5-8-16(15)22-17(21)14(13-20)18(24)25-2;1-3-14-10-13-11-21(20(24)25-2)18-16(8-9-23(12-13)19(14)21)15-6-4-5-7-17(15)22-18/h4-9,19,22H,3,10-13H2,1-2H3;4-7,10,13,19,22H,3,8-9,11-12H2,1-2H3/t19-,20-,21-;13?,19?,21-/m00/s1. The van der Waals surface area contributed by atoms with Crippen LogP contribution < -0.4 is 5.32 Å². The Bertz CT molecular complexity index is 2010. The lowest BCUT2D eigenvalue weighted by atomic mass is 9.55. The third kappa shape index (κ3) is 4.06. The quantitative estimate of drug-likeness (QED) is 0.245. The first-order valence-corrected chi connectivity index (χ1v) is 18.6. The summed E-state index contributed by atoms with van der Waals surface area (Å²) in [6.07, 6.45) is 12.8. The minimum Gasteiger partial charge on any atom is -0.468 e. The average Bonchev–Trinajstić information content (AvgIpc) is 3.84. The van der Waals surface area contributed by atoms with Crippen molar-refractivity contribution in [3.05, 3.63) is 100 Å². The fourth-order valence-corrected chi connectivity index (χ4v) is 11.7. The lowest BCUT2D eigenvalue weighted by molar-refractivity contribution is -0.154. The third-order valence-electron chi connectivity index (χ3n) is 13.5. The second-order valence-electron chi connectivity index (χ2n) is 15.5. The molecule has 7 heterocycles. The van der Waals surface area contributed by atoms with Crippen LogP contribution in [0.15, 0.2) is 83.6 Å². The number of aromatic amines is 1. The molecule has 1 spiro atoms. The topological polar surface area (TPSA) is 86.9 Å². The molecule has 3 aromatic rings. The van der Waals surface area contributed by atoms with Gasteiger partial charge in [0.1, 0.15) is 5.41 Å². The van der Waals surface area contributed by atoms with Gasteiger partial charge in [0.15, 0.2) is 0 Å². The molecule has 8 heteroatoms. The summed E-state index contributed by atoms with van der Waals surface area (Å²) in [5.41, 5.74) is 8.70. The molecule has 2 N–H and O–H groups in total. The van der Waals surface area contributed by atoms with Gasteiger partial charge in [-0.15, -0.1) is 0 Å². The van der Waals surface area contributed by atoms with Gasteiger partial charge >= 0.3 is 11.9 Å². The van der Waals surface area contributed by atoms with Gasteiger partial charge < -0.3 is 19.8 Å². The molecule has 2 fully saturated rings. The van der Waals surface area contributed by atoms with Crippen molar-refractivity contribution in [1.82, 2.24) is 14.8 Å². The summed E-state index contributed by atoms with van der Waals surface area (Å²) in [7, 11) is 3.03. The van der Waals surface area contributed by atoms with Crippen LogP contribution in [0.4, 0.5) is 5.69 Å². The van der Waals surface area contributed by atoms with Crippen molar-refractivity contribution >= 4 is 28.5 Å². The van der Waals surface area contributed by atoms with Crippen molar-refractivity contribution in [3.8, 4) is 0 Å². The number of hydrogen-bond donors (Lipinski definition) is 2. The number of carbonyl (C=O) groups is 2. The Labute approximate surface area is 294 Å². The van der Waals surface area contributed by atoms with E-state index in [1.165, 1.54) is 36.3 Å². The van der Waals surface area contributed by atoms with E-state index in [1.807, 2.05) is 0 Å². The number of esters is 2. The summed E-state index contributed by atoms with van der Waals surface area (Å²) >= 11 is 0. The van der Waals surface area contributed by atoms with E-state index in [9.17, 15) is 9.59 Å². The highest BCUT2D eigenvalue weighted by Crippen LogP contribution is 2.64. The number of carbonyl (C=O) groups excluding carboxylic acids is 2. The number of fused-ring (bicyclic) bond motifs is 4. The predicted molar refractivity (Wildman–Crippen MR) is 195 cm³/mol. The number of hydrogen-bond acceptors (Lipinski definition) is 7. The van der Waals surface area contributed by atoms with Crippen LogP contribution in [0.25, 0.3) is 10.9 Å². The van der Waals surface area contributed by atoms with Gasteiger partial charge in [0, 0.05) is 65.6 Å². The van der Waals surface area contributed by atoms with Gasteiger partial charge in [0.05, 0.1) is 31.2 Å². The zero-order valence-electron chi connectivity index (χ0n) is 29.7. The molecule has 50 heavy (non-hydrogen) atoms. The smallest absolute Gasteiger partial charge is 0.335 e. The van der Waals surface area contributed by atoms with Crippen LogP contribution in [-0.4, -0.2) is 79.2 Å². The highest BCUT2D eigenvalue weighted by Gasteiger charge is 2.65. The summed E-state index contributed by atoms with van der Waals surface area (Å²) < 4.78 is 10.6. The molecule has 0 saturated carbocycles. The molecule has 4 bridgehead atoms. The lowest BCUT2D eigenvalue weighted by Gasteiger charge is -2.53. The molecule has 3 unspecified atom stereocenters. The number of benzene rings is 2. The lowest BCUT2D eigenvalue weighted by Crippen LogP contribution is -2.63. The average molecular weight is 673 g/mol. The van der Waals surface area contributed by atoms with Gasteiger partial charge in [-0.3, -0.25) is 14.6 Å². The van der Waals surface area contributed by atoms with Crippen molar-refractivity contribution in [3.63, 3.8) is 0 Å². The third-order valence-corrected chi connectivity index (χ3v) is 13.5. The van der Waals surface area contributed by atoms with E-state index in [-0.39, 0.29) is 28.8 Å². The molecule has 1 aromatic heterocycles. The number of para-hydroxylation sites is 2. The summed E-state index contributed by atoms with van der Waals surface area (Å²) in [5, 5.41) is 4.88. The molecule has 8 aliphatic rings. The van der Waals surface area contributed by atoms with E-state index >= 15 is 0 Å². The molecule has 2 saturated heterocycles. The van der Waals surface area contributed by atoms with Crippen LogP contribution in [-0.2, 0) is 36.3 Å². The molecule has 0 radical (unpaired) electrons. The summed E-state index contributed by atoms with van der Waals surface area (Å²) in [6.45, 7) is 8.62. The van der Waals surface area contributed by atoms with Crippen LogP contribution in [0, 0.1) is 11.3 Å². The first-order valence-electron chi connectivity index (χ1n) is 18.6. The van der Waals surface area contributed by atoms with Gasteiger partial charge in [0.25, 0.3) is 0 Å². The Morgan fingerprint density at radius 2 is 1.82 bits per heavy atom. The monoisotopic (exact) mass is 672 g/mol. The van der Waals surface area contributed by atoms with Gasteiger partial charge in [-0.1, -0.05) is 74.0 Å². The minimum atomic E-state index is -0.595. The normalized spacial score (nSPS) is 34.0. The van der Waals surface area contributed by atoms with E-state index in [0.29, 0.717) is 12.0 Å². The Morgan fingerprint density at radius 1 is 1.00 bits per heavy atom. The van der Waals surface area contributed by atoms with Crippen molar-refractivity contribution in [1.29, 1.82) is 0 Å². The zero-order chi connectivity index (χ0) is 34.4. The molecule has 7 atom stereocenters. The first-order chi connectivity index (χ1) is 24.3. The van der Waals surface area contributed by atoms with Crippen molar-refractivity contribution in [2.45, 2.75) is 75.3 Å². The largest absolute Gasteiger partial charge is 0.468 e. The molecule has 11 rings (SSSR count). The van der Waals surface area contributed by atoms with Crippen LogP contribution in [0.5, 0.6) is 0 Å². The Morgan fingerprint density at radius 3 is 2.62 bits per heavy atom. The van der Waals surface area contributed by atoms with Crippen molar-refractivity contribution in [2.24, 2.45) is 11.3 Å². The van der Waals surface area contributed by atoms with Crippen molar-refractivity contribution < 1.29 is 19.1 Å². The number of piperidine rings is 1. The second kappa shape index (κ2) is 11.4. The Balaban J connectivity index is 0.000000135. The number of aromatic nitrogens is 1. The molecule has 2 aromatic carbocycles. The fourth-order valence-electron chi connectivity index (χ4n) is 11.7. The molecule has 260 valence electrons.